The monoisotopic (exact) mass is 216 g/mol. The summed E-state index contributed by atoms with van der Waals surface area (Å²) in [6, 6.07) is -0.615. The number of nitrogens with zero attached hydrogens (tertiary/aromatic N) is 2. The summed E-state index contributed by atoms with van der Waals surface area (Å²) < 4.78 is 16.5. The topological polar surface area (TPSA) is 66.9 Å². The van der Waals surface area contributed by atoms with Gasteiger partial charge in [0, 0.05) is 7.05 Å². The van der Waals surface area contributed by atoms with E-state index in [9.17, 15) is 14.2 Å². The minimum absolute atomic E-state index is 0.0747. The van der Waals surface area contributed by atoms with Crippen molar-refractivity contribution in [3.8, 4) is 12.3 Å². The summed E-state index contributed by atoms with van der Waals surface area (Å²) in [5, 5.41) is 0. The van der Waals surface area contributed by atoms with E-state index in [0.29, 0.717) is 4.67 Å². The number of likely N-dealkylation sites (N-methyl/N-ethyl adjacent to an activating group) is 1. The van der Waals surface area contributed by atoms with Gasteiger partial charge in [0.05, 0.1) is 0 Å². The van der Waals surface area contributed by atoms with Crippen LogP contribution in [0.2, 0.25) is 0 Å². The molecule has 1 heterocycles. The van der Waals surface area contributed by atoms with E-state index in [1.807, 2.05) is 0 Å². The first-order valence-electron chi connectivity index (χ1n) is 3.76. The molecule has 76 valence electrons. The molecular weight excluding hydrogens is 207 g/mol. The van der Waals surface area contributed by atoms with Gasteiger partial charge in [-0.15, -0.1) is 6.42 Å². The zero-order valence-electron chi connectivity index (χ0n) is 7.52. The van der Waals surface area contributed by atoms with Crippen LogP contribution < -0.4 is 0 Å². The van der Waals surface area contributed by atoms with Gasteiger partial charge >= 0.3 is 6.03 Å². The Morgan fingerprint density at radius 3 is 2.71 bits per heavy atom. The number of imide groups is 1. The molecule has 1 aliphatic heterocycles. The lowest BCUT2D eigenvalue weighted by atomic mass is 10.6. The third kappa shape index (κ3) is 1.95. The van der Waals surface area contributed by atoms with Crippen LogP contribution in [-0.4, -0.2) is 41.7 Å². The predicted molar refractivity (Wildman–Crippen MR) is 48.7 cm³/mol. The highest BCUT2D eigenvalue weighted by molar-refractivity contribution is 7.38. The summed E-state index contributed by atoms with van der Waals surface area (Å²) in [4.78, 5) is 23.6. The SMILES string of the molecule is C#CCO[PH](=O)N1C(=O)CN(C)C1=O. The van der Waals surface area contributed by atoms with Gasteiger partial charge < -0.3 is 9.42 Å². The zero-order valence-corrected chi connectivity index (χ0v) is 8.52. The van der Waals surface area contributed by atoms with Crippen molar-refractivity contribution >= 4 is 20.1 Å². The van der Waals surface area contributed by atoms with Gasteiger partial charge in [-0.25, -0.2) is 4.79 Å². The summed E-state index contributed by atoms with van der Waals surface area (Å²) in [5.74, 6) is 1.57. The van der Waals surface area contributed by atoms with Gasteiger partial charge in [0.15, 0.2) is 0 Å². The number of hydrogen-bond acceptors (Lipinski definition) is 4. The Labute approximate surface area is 81.7 Å². The summed E-state index contributed by atoms with van der Waals surface area (Å²) in [6.45, 7) is -0.257. The molecule has 0 N–H and O–H groups in total. The maximum Gasteiger partial charge on any atom is 0.334 e. The van der Waals surface area contributed by atoms with E-state index in [2.05, 4.69) is 10.4 Å². The third-order valence-electron chi connectivity index (χ3n) is 1.60. The first-order valence-corrected chi connectivity index (χ1v) is 5.02. The highest BCUT2D eigenvalue weighted by Gasteiger charge is 2.37. The normalized spacial score (nSPS) is 18.6. The number of amides is 3. The molecule has 0 aliphatic carbocycles. The van der Waals surface area contributed by atoms with Crippen molar-refractivity contribution in [3.05, 3.63) is 0 Å². The molecule has 7 heteroatoms. The molecule has 14 heavy (non-hydrogen) atoms. The summed E-state index contributed by atoms with van der Waals surface area (Å²) >= 11 is 0. The number of rotatable bonds is 3. The standard InChI is InChI=1S/C7H9N2O4P/c1-3-4-13-14(12)9-6(10)5-8(2)7(9)11/h1,14H,4-5H2,2H3. The predicted octanol–water partition coefficient (Wildman–Crippen LogP) is -0.0801. The minimum atomic E-state index is -2.86. The molecule has 0 saturated carbocycles. The Morgan fingerprint density at radius 2 is 2.29 bits per heavy atom. The Balaban J connectivity index is 2.69. The molecule has 0 spiro atoms. The quantitative estimate of drug-likeness (QED) is 0.376. The van der Waals surface area contributed by atoms with Crippen LogP contribution in [-0.2, 0) is 13.9 Å². The number of urea groups is 1. The van der Waals surface area contributed by atoms with Gasteiger partial charge in [0.2, 0.25) is 0 Å². The number of hydrogen-bond donors (Lipinski definition) is 0. The molecule has 6 nitrogen and oxygen atoms in total. The maximum absolute atomic E-state index is 11.3. The van der Waals surface area contributed by atoms with Crippen LogP contribution in [0.3, 0.4) is 0 Å². The van der Waals surface area contributed by atoms with E-state index in [1.165, 1.54) is 7.05 Å². The number of carbonyl (C=O) groups excluding carboxylic acids is 2. The number of carbonyl (C=O) groups is 2. The Hall–Kier alpha value is -1.31. The van der Waals surface area contributed by atoms with Crippen LogP contribution in [0.5, 0.6) is 0 Å². The molecule has 1 atom stereocenters. The van der Waals surface area contributed by atoms with Gasteiger partial charge in [-0.2, -0.15) is 4.67 Å². The minimum Gasteiger partial charge on any atom is -0.318 e. The lowest BCUT2D eigenvalue weighted by molar-refractivity contribution is -0.122. The number of terminal acetylenes is 1. The van der Waals surface area contributed by atoms with E-state index >= 15 is 0 Å². The molecule has 1 rings (SSSR count). The first kappa shape index (κ1) is 10.8. The van der Waals surface area contributed by atoms with Crippen LogP contribution >= 0.6 is 8.18 Å². The van der Waals surface area contributed by atoms with E-state index in [0.717, 1.165) is 4.90 Å². The molecule has 0 aromatic rings. The van der Waals surface area contributed by atoms with Crippen molar-refractivity contribution in [2.45, 2.75) is 0 Å². The Bertz CT molecular complexity index is 335. The van der Waals surface area contributed by atoms with Gasteiger partial charge in [0.1, 0.15) is 13.2 Å². The molecule has 0 aromatic carbocycles. The third-order valence-corrected chi connectivity index (χ3v) is 2.80. The lowest BCUT2D eigenvalue weighted by Crippen LogP contribution is -2.25. The molecule has 1 aliphatic rings. The van der Waals surface area contributed by atoms with E-state index < -0.39 is 20.1 Å². The second kappa shape index (κ2) is 4.27. The van der Waals surface area contributed by atoms with Crippen molar-refractivity contribution in [2.75, 3.05) is 20.2 Å². The molecule has 1 saturated heterocycles. The molecule has 3 amide bonds. The van der Waals surface area contributed by atoms with Crippen molar-refractivity contribution in [1.29, 1.82) is 0 Å². The van der Waals surface area contributed by atoms with Crippen LogP contribution in [0, 0.1) is 12.3 Å². The van der Waals surface area contributed by atoms with Crippen molar-refractivity contribution in [2.24, 2.45) is 0 Å². The fourth-order valence-corrected chi connectivity index (χ4v) is 1.90. The fourth-order valence-electron chi connectivity index (χ4n) is 0.966. The van der Waals surface area contributed by atoms with Gasteiger partial charge in [-0.1, -0.05) is 5.92 Å². The molecule has 0 bridgehead atoms. The first-order chi connectivity index (χ1) is 6.57. The highest BCUT2D eigenvalue weighted by atomic mass is 31.1. The largest absolute Gasteiger partial charge is 0.334 e. The van der Waals surface area contributed by atoms with Gasteiger partial charge in [0.25, 0.3) is 14.1 Å². The van der Waals surface area contributed by atoms with Crippen molar-refractivity contribution in [1.82, 2.24) is 9.57 Å². The molecule has 1 unspecified atom stereocenters. The Kier molecular flexibility index (Phi) is 3.28. The molecule has 0 radical (unpaired) electrons. The molecule has 0 aromatic heterocycles. The van der Waals surface area contributed by atoms with E-state index in [1.54, 1.807) is 0 Å². The van der Waals surface area contributed by atoms with Crippen molar-refractivity contribution < 1.29 is 18.7 Å². The van der Waals surface area contributed by atoms with Gasteiger partial charge in [-0.05, 0) is 0 Å². The van der Waals surface area contributed by atoms with E-state index in [4.69, 9.17) is 6.42 Å². The Morgan fingerprint density at radius 1 is 1.64 bits per heavy atom. The van der Waals surface area contributed by atoms with Crippen LogP contribution in [0.15, 0.2) is 0 Å². The van der Waals surface area contributed by atoms with Crippen molar-refractivity contribution in [3.63, 3.8) is 0 Å². The smallest absolute Gasteiger partial charge is 0.318 e. The second-order valence-electron chi connectivity index (χ2n) is 2.63. The average molecular weight is 216 g/mol. The van der Waals surface area contributed by atoms with Crippen LogP contribution in [0.1, 0.15) is 0 Å². The molecule has 1 fully saturated rings. The van der Waals surface area contributed by atoms with Gasteiger partial charge in [-0.3, -0.25) is 9.36 Å². The maximum atomic E-state index is 11.3. The summed E-state index contributed by atoms with van der Waals surface area (Å²) in [7, 11) is -1.42. The lowest BCUT2D eigenvalue weighted by Gasteiger charge is -2.12. The van der Waals surface area contributed by atoms with Crippen LogP contribution in [0.4, 0.5) is 4.79 Å². The second-order valence-corrected chi connectivity index (χ2v) is 3.89. The average Bonchev–Trinajstić information content (AvgIpc) is 2.38. The summed E-state index contributed by atoms with van der Waals surface area (Å²) in [5.41, 5.74) is 0. The fraction of sp³-hybridized carbons (Fsp3) is 0.429. The van der Waals surface area contributed by atoms with E-state index in [-0.39, 0.29) is 13.2 Å². The summed E-state index contributed by atoms with van der Waals surface area (Å²) in [6.07, 6.45) is 4.88. The zero-order chi connectivity index (χ0) is 10.7. The molecular formula is C7H9N2O4P. The van der Waals surface area contributed by atoms with Crippen LogP contribution in [0.25, 0.3) is 0 Å². The highest BCUT2D eigenvalue weighted by Crippen LogP contribution is 2.32.